The standard InChI is InChI=1S/C20H14ClF3N2O3S/c21-17-3-1-2-4-18(17)26-30(28,29)16-11-9-15(10-12-16)25-19(27)13-5-7-14(8-6-13)20(22,23)24/h1-12,26H,(H,25,27). The van der Waals surface area contributed by atoms with Gasteiger partial charge in [-0.1, -0.05) is 23.7 Å². The summed E-state index contributed by atoms with van der Waals surface area (Å²) in [5.74, 6) is -0.631. The van der Waals surface area contributed by atoms with Crippen LogP contribution in [0.25, 0.3) is 0 Å². The van der Waals surface area contributed by atoms with Crippen LogP contribution >= 0.6 is 11.6 Å². The number of hydrogen-bond acceptors (Lipinski definition) is 3. The highest BCUT2D eigenvalue weighted by molar-refractivity contribution is 7.92. The van der Waals surface area contributed by atoms with Gasteiger partial charge >= 0.3 is 6.18 Å². The Labute approximate surface area is 175 Å². The molecule has 30 heavy (non-hydrogen) atoms. The van der Waals surface area contributed by atoms with Gasteiger partial charge < -0.3 is 5.32 Å². The van der Waals surface area contributed by atoms with Crippen molar-refractivity contribution in [2.45, 2.75) is 11.1 Å². The summed E-state index contributed by atoms with van der Waals surface area (Å²) < 4.78 is 65.1. The third kappa shape index (κ3) is 5.11. The highest BCUT2D eigenvalue weighted by Crippen LogP contribution is 2.29. The van der Waals surface area contributed by atoms with E-state index in [1.165, 1.54) is 30.3 Å². The number of rotatable bonds is 5. The summed E-state index contributed by atoms with van der Waals surface area (Å²) in [6.45, 7) is 0. The quantitative estimate of drug-likeness (QED) is 0.541. The number of hydrogen-bond donors (Lipinski definition) is 2. The Balaban J connectivity index is 1.71. The lowest BCUT2D eigenvalue weighted by Gasteiger charge is -2.11. The minimum Gasteiger partial charge on any atom is -0.322 e. The predicted molar refractivity (Wildman–Crippen MR) is 108 cm³/mol. The Hall–Kier alpha value is -3.04. The predicted octanol–water partition coefficient (Wildman–Crippen LogP) is 5.41. The van der Waals surface area contributed by atoms with E-state index in [9.17, 15) is 26.4 Å². The zero-order valence-corrected chi connectivity index (χ0v) is 16.6. The first-order valence-electron chi connectivity index (χ1n) is 8.42. The lowest BCUT2D eigenvalue weighted by molar-refractivity contribution is -0.137. The van der Waals surface area contributed by atoms with E-state index in [0.29, 0.717) is 0 Å². The first-order chi connectivity index (χ1) is 14.1. The lowest BCUT2D eigenvalue weighted by Crippen LogP contribution is -2.14. The molecule has 0 bridgehead atoms. The van der Waals surface area contributed by atoms with Crippen molar-refractivity contribution in [3.05, 3.63) is 88.9 Å². The molecule has 0 aliphatic carbocycles. The van der Waals surface area contributed by atoms with Crippen LogP contribution in [0.2, 0.25) is 5.02 Å². The van der Waals surface area contributed by atoms with Crippen LogP contribution in [-0.4, -0.2) is 14.3 Å². The molecule has 0 heterocycles. The minimum atomic E-state index is -4.49. The maximum Gasteiger partial charge on any atom is 0.416 e. The minimum absolute atomic E-state index is 0.0279. The summed E-state index contributed by atoms with van der Waals surface area (Å²) in [6, 6.07) is 15.4. The van der Waals surface area contributed by atoms with E-state index in [-0.39, 0.29) is 26.9 Å². The fraction of sp³-hybridized carbons (Fsp3) is 0.0500. The molecule has 0 spiro atoms. The van der Waals surface area contributed by atoms with E-state index in [0.717, 1.165) is 24.3 Å². The number of anilines is 2. The Morgan fingerprint density at radius 3 is 2.03 bits per heavy atom. The molecule has 1 amide bonds. The molecule has 156 valence electrons. The normalized spacial score (nSPS) is 11.7. The highest BCUT2D eigenvalue weighted by atomic mass is 35.5. The van der Waals surface area contributed by atoms with Crippen LogP contribution in [0, 0.1) is 0 Å². The van der Waals surface area contributed by atoms with Crippen molar-refractivity contribution in [2.75, 3.05) is 10.0 Å². The maximum absolute atomic E-state index is 12.6. The van der Waals surface area contributed by atoms with Gasteiger partial charge in [-0.25, -0.2) is 8.42 Å². The molecule has 0 radical (unpaired) electrons. The van der Waals surface area contributed by atoms with Crippen LogP contribution in [0.4, 0.5) is 24.5 Å². The number of sulfonamides is 1. The van der Waals surface area contributed by atoms with Gasteiger partial charge in [-0.2, -0.15) is 13.2 Å². The summed E-state index contributed by atoms with van der Waals surface area (Å²) >= 11 is 5.96. The molecule has 3 aromatic rings. The number of halogens is 4. The van der Waals surface area contributed by atoms with Gasteiger partial charge in [0.1, 0.15) is 0 Å². The molecule has 0 saturated carbocycles. The fourth-order valence-corrected chi connectivity index (χ4v) is 3.80. The van der Waals surface area contributed by atoms with Crippen molar-refractivity contribution in [3.8, 4) is 0 Å². The van der Waals surface area contributed by atoms with Crippen molar-refractivity contribution >= 4 is 38.9 Å². The molecule has 0 atom stereocenters. The molecule has 3 aromatic carbocycles. The van der Waals surface area contributed by atoms with Gasteiger partial charge in [0.05, 0.1) is 21.2 Å². The van der Waals surface area contributed by atoms with Crippen LogP contribution < -0.4 is 10.0 Å². The molecular weight excluding hydrogens is 441 g/mol. The molecule has 0 aliphatic heterocycles. The average Bonchev–Trinajstić information content (AvgIpc) is 2.69. The summed E-state index contributed by atoms with van der Waals surface area (Å²) in [5, 5.41) is 2.73. The second-order valence-corrected chi connectivity index (χ2v) is 8.23. The van der Waals surface area contributed by atoms with E-state index in [1.54, 1.807) is 18.2 Å². The van der Waals surface area contributed by atoms with E-state index in [1.807, 2.05) is 0 Å². The maximum atomic E-state index is 12.6. The first kappa shape index (κ1) is 21.7. The molecule has 0 saturated heterocycles. The van der Waals surface area contributed by atoms with Crippen molar-refractivity contribution in [1.29, 1.82) is 0 Å². The monoisotopic (exact) mass is 454 g/mol. The van der Waals surface area contributed by atoms with Gasteiger partial charge in [-0.3, -0.25) is 9.52 Å². The Bertz CT molecular complexity index is 1160. The number of benzene rings is 3. The second kappa shape index (κ2) is 8.37. The van der Waals surface area contributed by atoms with Gasteiger partial charge in [-0.15, -0.1) is 0 Å². The van der Waals surface area contributed by atoms with E-state index in [2.05, 4.69) is 10.0 Å². The van der Waals surface area contributed by atoms with Gasteiger partial charge in [0.15, 0.2) is 0 Å². The Morgan fingerprint density at radius 1 is 0.867 bits per heavy atom. The van der Waals surface area contributed by atoms with Crippen molar-refractivity contribution in [2.24, 2.45) is 0 Å². The third-order valence-corrected chi connectivity index (χ3v) is 5.73. The molecule has 0 unspecified atom stereocenters. The van der Waals surface area contributed by atoms with Gasteiger partial charge in [-0.05, 0) is 60.7 Å². The molecule has 0 aliphatic rings. The van der Waals surface area contributed by atoms with Gasteiger partial charge in [0, 0.05) is 11.3 Å². The number of alkyl halides is 3. The molecule has 0 aromatic heterocycles. The molecule has 5 nitrogen and oxygen atoms in total. The zero-order valence-electron chi connectivity index (χ0n) is 15.1. The third-order valence-electron chi connectivity index (χ3n) is 4.02. The SMILES string of the molecule is O=C(Nc1ccc(S(=O)(=O)Nc2ccccc2Cl)cc1)c1ccc(C(F)(F)F)cc1. The number of amides is 1. The average molecular weight is 455 g/mol. The number of carbonyl (C=O) groups excluding carboxylic acids is 1. The van der Waals surface area contributed by atoms with Crippen LogP contribution in [0.3, 0.4) is 0 Å². The Morgan fingerprint density at radius 2 is 1.47 bits per heavy atom. The molecule has 0 fully saturated rings. The van der Waals surface area contributed by atoms with Crippen molar-refractivity contribution < 1.29 is 26.4 Å². The van der Waals surface area contributed by atoms with Gasteiger partial charge in [0.25, 0.3) is 15.9 Å². The molecule has 10 heteroatoms. The molecule has 3 rings (SSSR count). The van der Waals surface area contributed by atoms with E-state index < -0.39 is 27.7 Å². The highest BCUT2D eigenvalue weighted by Gasteiger charge is 2.30. The Kier molecular flexibility index (Phi) is 6.04. The topological polar surface area (TPSA) is 75.3 Å². The van der Waals surface area contributed by atoms with Crippen LogP contribution in [-0.2, 0) is 16.2 Å². The summed E-state index contributed by atoms with van der Waals surface area (Å²) in [5.41, 5.74) is -0.338. The zero-order chi connectivity index (χ0) is 21.9. The number of nitrogens with one attached hydrogen (secondary N) is 2. The van der Waals surface area contributed by atoms with E-state index in [4.69, 9.17) is 11.6 Å². The largest absolute Gasteiger partial charge is 0.416 e. The van der Waals surface area contributed by atoms with E-state index >= 15 is 0 Å². The first-order valence-corrected chi connectivity index (χ1v) is 10.3. The summed E-state index contributed by atoms with van der Waals surface area (Å²) in [4.78, 5) is 12.1. The summed E-state index contributed by atoms with van der Waals surface area (Å²) in [6.07, 6.45) is -4.49. The number of para-hydroxylation sites is 1. The molecular formula is C20H14ClF3N2O3S. The fourth-order valence-electron chi connectivity index (χ4n) is 2.48. The second-order valence-electron chi connectivity index (χ2n) is 6.14. The van der Waals surface area contributed by atoms with Crippen LogP contribution in [0.15, 0.2) is 77.7 Å². The summed E-state index contributed by atoms with van der Waals surface area (Å²) in [7, 11) is -3.91. The van der Waals surface area contributed by atoms with Crippen molar-refractivity contribution in [1.82, 2.24) is 0 Å². The lowest BCUT2D eigenvalue weighted by atomic mass is 10.1. The number of carbonyl (C=O) groups is 1. The van der Waals surface area contributed by atoms with Crippen LogP contribution in [0.1, 0.15) is 15.9 Å². The molecule has 2 N–H and O–H groups in total. The van der Waals surface area contributed by atoms with Crippen LogP contribution in [0.5, 0.6) is 0 Å². The van der Waals surface area contributed by atoms with Gasteiger partial charge in [0.2, 0.25) is 0 Å². The van der Waals surface area contributed by atoms with Crippen molar-refractivity contribution in [3.63, 3.8) is 0 Å². The smallest absolute Gasteiger partial charge is 0.322 e.